The van der Waals surface area contributed by atoms with Crippen molar-refractivity contribution in [3.8, 4) is 11.5 Å². The second kappa shape index (κ2) is 8.81. The van der Waals surface area contributed by atoms with Gasteiger partial charge in [0.15, 0.2) is 16.6 Å². The maximum atomic E-state index is 13.0. The van der Waals surface area contributed by atoms with E-state index >= 15 is 0 Å². The fourth-order valence-electron chi connectivity index (χ4n) is 3.62. The molecule has 1 aliphatic heterocycles. The lowest BCUT2D eigenvalue weighted by atomic mass is 9.97. The average molecular weight is 462 g/mol. The van der Waals surface area contributed by atoms with Crippen molar-refractivity contribution in [1.82, 2.24) is 9.29 Å². The van der Waals surface area contributed by atoms with Crippen molar-refractivity contribution in [2.24, 2.45) is 5.92 Å². The molecule has 1 amide bonds. The van der Waals surface area contributed by atoms with Crippen LogP contribution >= 0.6 is 11.3 Å². The number of rotatable bonds is 6. The van der Waals surface area contributed by atoms with Gasteiger partial charge >= 0.3 is 0 Å². The summed E-state index contributed by atoms with van der Waals surface area (Å²) in [7, 11) is -0.731. The molecule has 1 aromatic heterocycles. The minimum absolute atomic E-state index is 0.123. The quantitative estimate of drug-likeness (QED) is 0.605. The lowest BCUT2D eigenvalue weighted by molar-refractivity contribution is -0.120. The van der Waals surface area contributed by atoms with E-state index in [4.69, 9.17) is 9.47 Å². The number of benzene rings is 2. The monoisotopic (exact) mass is 461 g/mol. The topological polar surface area (TPSA) is 97.8 Å². The Balaban J connectivity index is 1.41. The number of para-hydroxylation sites is 1. The number of hydrogen-bond acceptors (Lipinski definition) is 7. The molecule has 0 aliphatic carbocycles. The summed E-state index contributed by atoms with van der Waals surface area (Å²) in [4.78, 5) is 17.3. The van der Waals surface area contributed by atoms with E-state index in [1.54, 1.807) is 6.07 Å². The van der Waals surface area contributed by atoms with Crippen LogP contribution in [0.15, 0.2) is 47.4 Å². The van der Waals surface area contributed by atoms with Crippen molar-refractivity contribution in [3.05, 3.63) is 42.5 Å². The molecule has 2 aromatic carbocycles. The first-order chi connectivity index (χ1) is 14.9. The first kappa shape index (κ1) is 21.5. The molecule has 1 N–H and O–H groups in total. The Bertz CT molecular complexity index is 1170. The van der Waals surface area contributed by atoms with Crippen LogP contribution in [0, 0.1) is 5.92 Å². The molecule has 2 heterocycles. The van der Waals surface area contributed by atoms with Crippen LogP contribution in [0.25, 0.3) is 10.2 Å². The van der Waals surface area contributed by atoms with Crippen LogP contribution in [-0.2, 0) is 14.8 Å². The number of ether oxygens (including phenoxy) is 2. The van der Waals surface area contributed by atoms with Crippen molar-refractivity contribution >= 4 is 42.6 Å². The molecule has 1 fully saturated rings. The predicted molar refractivity (Wildman–Crippen MR) is 119 cm³/mol. The molecule has 31 heavy (non-hydrogen) atoms. The first-order valence-electron chi connectivity index (χ1n) is 9.81. The number of fused-ring (bicyclic) bond motifs is 1. The van der Waals surface area contributed by atoms with Gasteiger partial charge in [-0.1, -0.05) is 23.5 Å². The summed E-state index contributed by atoms with van der Waals surface area (Å²) in [5, 5.41) is 3.45. The van der Waals surface area contributed by atoms with Crippen LogP contribution in [0.4, 0.5) is 5.13 Å². The fourth-order valence-corrected chi connectivity index (χ4v) is 5.97. The predicted octanol–water partition coefficient (Wildman–Crippen LogP) is 3.35. The van der Waals surface area contributed by atoms with Gasteiger partial charge in [0.05, 0.1) is 29.3 Å². The van der Waals surface area contributed by atoms with Gasteiger partial charge in [0.25, 0.3) is 0 Å². The number of amides is 1. The van der Waals surface area contributed by atoms with Crippen LogP contribution in [0.3, 0.4) is 0 Å². The largest absolute Gasteiger partial charge is 0.493 e. The Morgan fingerprint density at radius 1 is 1.10 bits per heavy atom. The molecule has 8 nitrogen and oxygen atoms in total. The summed E-state index contributed by atoms with van der Waals surface area (Å²) >= 11 is 1.43. The van der Waals surface area contributed by atoms with Gasteiger partial charge in [-0.25, -0.2) is 13.4 Å². The molecule has 0 bridgehead atoms. The normalized spacial score (nSPS) is 15.7. The molecule has 0 spiro atoms. The number of thiazole rings is 1. The molecular weight excluding hydrogens is 438 g/mol. The standard InChI is InChI=1S/C21H23N3O5S2/c1-28-17-8-7-15(13-18(17)29-2)31(26,27)24-11-9-14(10-12-24)20(25)23-21-22-16-5-3-4-6-19(16)30-21/h3-8,13-14H,9-12H2,1-2H3,(H,22,23,25). The minimum Gasteiger partial charge on any atom is -0.493 e. The van der Waals surface area contributed by atoms with E-state index in [0.717, 1.165) is 10.2 Å². The molecular formula is C21H23N3O5S2. The Morgan fingerprint density at radius 3 is 2.48 bits per heavy atom. The zero-order valence-electron chi connectivity index (χ0n) is 17.2. The van der Waals surface area contributed by atoms with Crippen molar-refractivity contribution in [2.75, 3.05) is 32.6 Å². The molecule has 0 unspecified atom stereocenters. The Kier molecular flexibility index (Phi) is 6.12. The Morgan fingerprint density at radius 2 is 1.81 bits per heavy atom. The third-order valence-electron chi connectivity index (χ3n) is 5.34. The summed E-state index contributed by atoms with van der Waals surface area (Å²) in [5.41, 5.74) is 0.846. The van der Waals surface area contributed by atoms with E-state index < -0.39 is 10.0 Å². The van der Waals surface area contributed by atoms with Crippen LogP contribution < -0.4 is 14.8 Å². The number of nitrogens with zero attached hydrogens (tertiary/aromatic N) is 2. The molecule has 1 aliphatic rings. The van der Waals surface area contributed by atoms with E-state index in [2.05, 4.69) is 10.3 Å². The highest BCUT2D eigenvalue weighted by Crippen LogP contribution is 2.32. The average Bonchev–Trinajstić information content (AvgIpc) is 3.20. The van der Waals surface area contributed by atoms with Crippen molar-refractivity contribution < 1.29 is 22.7 Å². The maximum absolute atomic E-state index is 13.0. The summed E-state index contributed by atoms with van der Waals surface area (Å²) in [5.74, 6) is 0.437. The van der Waals surface area contributed by atoms with E-state index in [0.29, 0.717) is 29.5 Å². The second-order valence-corrected chi connectivity index (χ2v) is 10.1. The first-order valence-corrected chi connectivity index (χ1v) is 12.1. The lowest BCUT2D eigenvalue weighted by Gasteiger charge is -2.30. The molecule has 0 saturated carbocycles. The number of piperidine rings is 1. The molecule has 10 heteroatoms. The second-order valence-electron chi connectivity index (χ2n) is 7.17. The maximum Gasteiger partial charge on any atom is 0.243 e. The molecule has 4 rings (SSSR count). The molecule has 3 aromatic rings. The molecule has 164 valence electrons. The number of sulfonamides is 1. The van der Waals surface area contributed by atoms with Gasteiger partial charge < -0.3 is 14.8 Å². The number of anilines is 1. The Labute approximate surface area is 184 Å². The van der Waals surface area contributed by atoms with Gasteiger partial charge in [-0.3, -0.25) is 4.79 Å². The minimum atomic E-state index is -3.69. The van der Waals surface area contributed by atoms with Crippen molar-refractivity contribution in [3.63, 3.8) is 0 Å². The van der Waals surface area contributed by atoms with Crippen LogP contribution in [0.1, 0.15) is 12.8 Å². The van der Waals surface area contributed by atoms with Crippen LogP contribution in [-0.4, -0.2) is 50.9 Å². The summed E-state index contributed by atoms with van der Waals surface area (Å²) in [6.45, 7) is 0.545. The number of nitrogens with one attached hydrogen (secondary N) is 1. The summed E-state index contributed by atoms with van der Waals surface area (Å²) < 4.78 is 38.9. The lowest BCUT2D eigenvalue weighted by Crippen LogP contribution is -2.41. The van der Waals surface area contributed by atoms with E-state index in [9.17, 15) is 13.2 Å². The molecule has 1 saturated heterocycles. The summed E-state index contributed by atoms with van der Waals surface area (Å²) in [6, 6.07) is 12.2. The highest BCUT2D eigenvalue weighted by molar-refractivity contribution is 7.89. The van der Waals surface area contributed by atoms with Crippen molar-refractivity contribution in [2.45, 2.75) is 17.7 Å². The highest BCUT2D eigenvalue weighted by atomic mass is 32.2. The van der Waals surface area contributed by atoms with E-state index in [1.807, 2.05) is 24.3 Å². The van der Waals surface area contributed by atoms with Gasteiger partial charge in [0.1, 0.15) is 0 Å². The fraction of sp³-hybridized carbons (Fsp3) is 0.333. The smallest absolute Gasteiger partial charge is 0.243 e. The Hall–Kier alpha value is -2.69. The van der Waals surface area contributed by atoms with Crippen LogP contribution in [0.2, 0.25) is 0 Å². The zero-order valence-corrected chi connectivity index (χ0v) is 18.8. The van der Waals surface area contributed by atoms with E-state index in [-0.39, 0.29) is 29.8 Å². The van der Waals surface area contributed by atoms with Gasteiger partial charge in [0, 0.05) is 25.1 Å². The number of aromatic nitrogens is 1. The molecule has 0 radical (unpaired) electrons. The van der Waals surface area contributed by atoms with Gasteiger partial charge in [-0.2, -0.15) is 4.31 Å². The number of carbonyl (C=O) groups excluding carboxylic acids is 1. The van der Waals surface area contributed by atoms with Gasteiger partial charge in [-0.05, 0) is 37.1 Å². The van der Waals surface area contributed by atoms with E-state index in [1.165, 1.54) is 42.0 Å². The van der Waals surface area contributed by atoms with Crippen LogP contribution in [0.5, 0.6) is 11.5 Å². The van der Waals surface area contributed by atoms with Gasteiger partial charge in [0.2, 0.25) is 15.9 Å². The third kappa shape index (κ3) is 4.36. The highest BCUT2D eigenvalue weighted by Gasteiger charge is 2.33. The third-order valence-corrected chi connectivity index (χ3v) is 8.19. The molecule has 0 atom stereocenters. The van der Waals surface area contributed by atoms with Gasteiger partial charge in [-0.15, -0.1) is 0 Å². The van der Waals surface area contributed by atoms with Crippen molar-refractivity contribution in [1.29, 1.82) is 0 Å². The number of methoxy groups -OCH3 is 2. The zero-order chi connectivity index (χ0) is 22.0. The number of carbonyl (C=O) groups is 1. The number of hydrogen-bond donors (Lipinski definition) is 1. The summed E-state index contributed by atoms with van der Waals surface area (Å²) in [6.07, 6.45) is 0.895. The SMILES string of the molecule is COc1ccc(S(=O)(=O)N2CCC(C(=O)Nc3nc4ccccc4s3)CC2)cc1OC.